The molecule has 0 unspecified atom stereocenters. The number of nitrogens with one attached hydrogen (secondary N) is 1. The van der Waals surface area contributed by atoms with Crippen LogP contribution in [0.1, 0.15) is 73.1 Å². The van der Waals surface area contributed by atoms with Gasteiger partial charge in [-0.15, -0.1) is 0 Å². The number of hydrogen-bond acceptors (Lipinski definition) is 3. The molecule has 2 aromatic rings. The van der Waals surface area contributed by atoms with Crippen LogP contribution in [0.15, 0.2) is 30.3 Å². The van der Waals surface area contributed by atoms with Crippen LogP contribution in [0.4, 0.5) is 0 Å². The first-order valence-electron chi connectivity index (χ1n) is 10.5. The molecule has 0 bridgehead atoms. The molecular formula is C23H31N3O2. The number of nitrogens with zero attached hydrogens (tertiary/aromatic N) is 2. The predicted octanol–water partition coefficient (Wildman–Crippen LogP) is 4.25. The zero-order valence-electron chi connectivity index (χ0n) is 17.3. The van der Waals surface area contributed by atoms with Gasteiger partial charge in [0.15, 0.2) is 0 Å². The smallest absolute Gasteiger partial charge is 0.269 e. The van der Waals surface area contributed by atoms with Crippen molar-refractivity contribution in [2.45, 2.75) is 57.4 Å². The zero-order valence-corrected chi connectivity index (χ0v) is 17.3. The minimum Gasteiger partial charge on any atom is -0.497 e. The summed E-state index contributed by atoms with van der Waals surface area (Å²) in [4.78, 5) is 13.1. The maximum atomic E-state index is 13.1. The molecule has 150 valence electrons. The number of carbonyl (C=O) groups excluding carboxylic acids is 1. The normalized spacial score (nSPS) is 26.5. The SMILES string of the molecule is COc1ccc([C@H]2[C@H]3CCCC[C@H]3[C@@H]2NC(=O)c2cc(C(C)C)nn2C)cc1. The molecule has 2 aliphatic carbocycles. The van der Waals surface area contributed by atoms with Crippen molar-refractivity contribution in [3.63, 3.8) is 0 Å². The Morgan fingerprint density at radius 1 is 1.18 bits per heavy atom. The summed E-state index contributed by atoms with van der Waals surface area (Å²) >= 11 is 0. The number of amides is 1. The van der Waals surface area contributed by atoms with Crippen molar-refractivity contribution >= 4 is 5.91 Å². The fourth-order valence-electron chi connectivity index (χ4n) is 5.15. The Labute approximate surface area is 167 Å². The van der Waals surface area contributed by atoms with Crippen molar-refractivity contribution < 1.29 is 9.53 Å². The first-order chi connectivity index (χ1) is 13.5. The molecule has 2 saturated carbocycles. The van der Waals surface area contributed by atoms with E-state index in [-0.39, 0.29) is 11.9 Å². The molecule has 0 aliphatic heterocycles. The molecule has 28 heavy (non-hydrogen) atoms. The highest BCUT2D eigenvalue weighted by molar-refractivity contribution is 5.93. The number of aryl methyl sites for hydroxylation is 1. The Hall–Kier alpha value is -2.30. The van der Waals surface area contributed by atoms with Crippen LogP contribution in [0.2, 0.25) is 0 Å². The third-order valence-electron chi connectivity index (χ3n) is 6.71. The van der Waals surface area contributed by atoms with Gasteiger partial charge >= 0.3 is 0 Å². The van der Waals surface area contributed by atoms with Crippen molar-refractivity contribution in [1.82, 2.24) is 15.1 Å². The molecule has 1 N–H and O–H groups in total. The van der Waals surface area contributed by atoms with Gasteiger partial charge in [-0.2, -0.15) is 5.10 Å². The van der Waals surface area contributed by atoms with Crippen molar-refractivity contribution in [1.29, 1.82) is 0 Å². The highest BCUT2D eigenvalue weighted by Crippen LogP contribution is 2.54. The van der Waals surface area contributed by atoms with E-state index in [0.717, 1.165) is 11.4 Å². The maximum Gasteiger partial charge on any atom is 0.269 e. The molecule has 5 nitrogen and oxygen atoms in total. The van der Waals surface area contributed by atoms with E-state index in [2.05, 4.69) is 36.4 Å². The number of aromatic nitrogens is 2. The fraction of sp³-hybridized carbons (Fsp3) is 0.565. The Bertz CT molecular complexity index is 840. The number of hydrogen-bond donors (Lipinski definition) is 1. The molecule has 0 spiro atoms. The average molecular weight is 382 g/mol. The highest BCUT2D eigenvalue weighted by Gasteiger charge is 2.51. The van der Waals surface area contributed by atoms with Crippen LogP contribution in [-0.4, -0.2) is 28.8 Å². The monoisotopic (exact) mass is 381 g/mol. The van der Waals surface area contributed by atoms with Crippen LogP contribution in [0.3, 0.4) is 0 Å². The van der Waals surface area contributed by atoms with E-state index in [1.165, 1.54) is 31.2 Å². The van der Waals surface area contributed by atoms with E-state index < -0.39 is 0 Å². The molecule has 1 amide bonds. The quantitative estimate of drug-likeness (QED) is 0.842. The lowest BCUT2D eigenvalue weighted by Crippen LogP contribution is -2.59. The highest BCUT2D eigenvalue weighted by atomic mass is 16.5. The second-order valence-corrected chi connectivity index (χ2v) is 8.64. The Balaban J connectivity index is 1.56. The van der Waals surface area contributed by atoms with Crippen molar-refractivity contribution in [3.8, 4) is 5.75 Å². The van der Waals surface area contributed by atoms with Gasteiger partial charge in [-0.1, -0.05) is 38.8 Å². The first kappa shape index (κ1) is 19.0. The number of ether oxygens (including phenoxy) is 1. The molecule has 0 saturated heterocycles. The van der Waals surface area contributed by atoms with Gasteiger partial charge in [0.25, 0.3) is 5.91 Å². The van der Waals surface area contributed by atoms with E-state index in [1.54, 1.807) is 11.8 Å². The van der Waals surface area contributed by atoms with Crippen molar-refractivity contribution in [2.75, 3.05) is 7.11 Å². The summed E-state index contributed by atoms with van der Waals surface area (Å²) in [6.45, 7) is 4.20. The van der Waals surface area contributed by atoms with Crippen molar-refractivity contribution in [3.05, 3.63) is 47.3 Å². The Morgan fingerprint density at radius 2 is 1.86 bits per heavy atom. The minimum atomic E-state index is -0.00515. The van der Waals surface area contributed by atoms with Crippen LogP contribution in [-0.2, 0) is 7.05 Å². The summed E-state index contributed by atoms with van der Waals surface area (Å²) in [5.74, 6) is 2.83. The number of fused-ring (bicyclic) bond motifs is 1. The van der Waals surface area contributed by atoms with Gasteiger partial charge in [0.2, 0.25) is 0 Å². The molecule has 2 fully saturated rings. The fourth-order valence-corrected chi connectivity index (χ4v) is 5.15. The lowest BCUT2D eigenvalue weighted by atomic mass is 9.53. The summed E-state index contributed by atoms with van der Waals surface area (Å²) in [5.41, 5.74) is 2.92. The minimum absolute atomic E-state index is 0.00515. The molecular weight excluding hydrogens is 350 g/mol. The van der Waals surface area contributed by atoms with Crippen molar-refractivity contribution in [2.24, 2.45) is 18.9 Å². The summed E-state index contributed by atoms with van der Waals surface area (Å²) in [6.07, 6.45) is 5.04. The third kappa shape index (κ3) is 3.31. The van der Waals surface area contributed by atoms with Crippen LogP contribution in [0.25, 0.3) is 0 Å². The zero-order chi connectivity index (χ0) is 19.8. The molecule has 5 heteroatoms. The largest absolute Gasteiger partial charge is 0.497 e. The summed E-state index contributed by atoms with van der Waals surface area (Å²) < 4.78 is 7.02. The van der Waals surface area contributed by atoms with E-state index in [1.807, 2.05) is 25.2 Å². The second kappa shape index (κ2) is 7.61. The third-order valence-corrected chi connectivity index (χ3v) is 6.71. The summed E-state index contributed by atoms with van der Waals surface area (Å²) in [5, 5.41) is 7.87. The standard InChI is InChI=1S/C23H31N3O2/c1-14(2)19-13-20(26(3)25-19)23(27)24-22-18-8-6-5-7-17(18)21(22)15-9-11-16(28-4)12-10-15/h9-14,17-18,21-22H,5-8H2,1-4H3,(H,24,27)/t17-,18+,21-,22-/m0/s1. The van der Waals surface area contributed by atoms with Crippen LogP contribution in [0.5, 0.6) is 5.75 Å². The Morgan fingerprint density at radius 3 is 2.46 bits per heavy atom. The van der Waals surface area contributed by atoms with Gasteiger partial charge in [0.05, 0.1) is 12.8 Å². The number of rotatable bonds is 5. The van der Waals surface area contributed by atoms with Gasteiger partial charge < -0.3 is 10.1 Å². The van der Waals surface area contributed by atoms with E-state index in [0.29, 0.717) is 29.4 Å². The number of carbonyl (C=O) groups is 1. The van der Waals surface area contributed by atoms with E-state index in [4.69, 9.17) is 4.74 Å². The topological polar surface area (TPSA) is 56.1 Å². The summed E-state index contributed by atoms with van der Waals surface area (Å²) in [6, 6.07) is 10.5. The predicted molar refractivity (Wildman–Crippen MR) is 110 cm³/mol. The van der Waals surface area contributed by atoms with Crippen LogP contribution >= 0.6 is 0 Å². The lowest BCUT2D eigenvalue weighted by molar-refractivity contribution is 0.0249. The molecule has 2 aliphatic rings. The molecule has 1 aromatic heterocycles. The molecule has 1 heterocycles. The lowest BCUT2D eigenvalue weighted by Gasteiger charge is -2.55. The van der Waals surface area contributed by atoms with Gasteiger partial charge in [-0.3, -0.25) is 9.48 Å². The number of methoxy groups -OCH3 is 1. The molecule has 4 atom stereocenters. The molecule has 0 radical (unpaired) electrons. The molecule has 4 rings (SSSR count). The average Bonchev–Trinajstić information content (AvgIpc) is 3.09. The second-order valence-electron chi connectivity index (χ2n) is 8.64. The van der Waals surface area contributed by atoms with Gasteiger partial charge in [0.1, 0.15) is 11.4 Å². The molecule has 1 aromatic carbocycles. The number of benzene rings is 1. The first-order valence-corrected chi connectivity index (χ1v) is 10.5. The van der Waals surface area contributed by atoms with Gasteiger partial charge in [-0.25, -0.2) is 0 Å². The van der Waals surface area contributed by atoms with E-state index in [9.17, 15) is 4.79 Å². The van der Waals surface area contributed by atoms with E-state index >= 15 is 0 Å². The van der Waals surface area contributed by atoms with Gasteiger partial charge in [-0.05, 0) is 54.4 Å². The van der Waals surface area contributed by atoms with Crippen LogP contribution < -0.4 is 10.1 Å². The summed E-state index contributed by atoms with van der Waals surface area (Å²) in [7, 11) is 3.55. The Kier molecular flexibility index (Phi) is 5.17. The van der Waals surface area contributed by atoms with Gasteiger partial charge in [0, 0.05) is 19.0 Å². The van der Waals surface area contributed by atoms with Crippen LogP contribution in [0, 0.1) is 11.8 Å². The maximum absolute atomic E-state index is 13.1.